The van der Waals surface area contributed by atoms with Gasteiger partial charge in [0.1, 0.15) is 12.2 Å². The molecule has 1 N–H and O–H groups in total. The van der Waals surface area contributed by atoms with Crippen molar-refractivity contribution in [3.8, 4) is 0 Å². The van der Waals surface area contributed by atoms with Crippen molar-refractivity contribution in [1.82, 2.24) is 5.32 Å². The summed E-state index contributed by atoms with van der Waals surface area (Å²) in [6.45, 7) is 6.48. The molecule has 0 aromatic heterocycles. The minimum absolute atomic E-state index is 0.120. The molecule has 6 nitrogen and oxygen atoms in total. The van der Waals surface area contributed by atoms with Gasteiger partial charge >= 0.3 is 18.2 Å². The molecule has 1 heterocycles. The number of esters is 1. The van der Waals surface area contributed by atoms with E-state index < -0.39 is 36.6 Å². The molecule has 0 bridgehead atoms. The minimum atomic E-state index is -4.41. The van der Waals surface area contributed by atoms with E-state index in [4.69, 9.17) is 14.2 Å². The van der Waals surface area contributed by atoms with Gasteiger partial charge in [-0.3, -0.25) is 0 Å². The third-order valence-corrected chi connectivity index (χ3v) is 5.98. The van der Waals surface area contributed by atoms with Crippen molar-refractivity contribution in [1.29, 1.82) is 0 Å². The Kier molecular flexibility index (Phi) is 6.88. The SMILES string of the molecule is CCNC(=O)OC1=C(c2cc(C)c(C)cc2C)C(=O)OC12CCC(OCC(F)(F)F)CC2. The van der Waals surface area contributed by atoms with Gasteiger partial charge in [-0.25, -0.2) is 9.59 Å². The monoisotopic (exact) mass is 455 g/mol. The van der Waals surface area contributed by atoms with Gasteiger partial charge in [0.25, 0.3) is 0 Å². The van der Waals surface area contributed by atoms with Crippen LogP contribution in [-0.2, 0) is 19.0 Å². The standard InChI is InChI=1S/C23H28F3NO5/c1-5-27-21(29)31-19-18(17-11-14(3)13(2)10-15(17)4)20(28)32-22(19)8-6-16(7-9-22)30-12-23(24,25)26/h10-11,16H,5-9,12H2,1-4H3,(H,27,29). The summed E-state index contributed by atoms with van der Waals surface area (Å²) >= 11 is 0. The number of rotatable bonds is 5. The number of carbonyl (C=O) groups is 2. The molecule has 1 aromatic carbocycles. The van der Waals surface area contributed by atoms with Crippen LogP contribution in [0.1, 0.15) is 54.9 Å². The fourth-order valence-electron chi connectivity index (χ4n) is 4.24. The summed E-state index contributed by atoms with van der Waals surface area (Å²) in [4.78, 5) is 25.3. The van der Waals surface area contributed by atoms with E-state index in [0.29, 0.717) is 12.1 Å². The number of benzene rings is 1. The highest BCUT2D eigenvalue weighted by molar-refractivity contribution is 6.20. The number of ether oxygens (including phenoxy) is 3. The normalized spacial score (nSPS) is 23.5. The molecule has 1 aliphatic heterocycles. The van der Waals surface area contributed by atoms with E-state index in [1.165, 1.54) is 0 Å². The van der Waals surface area contributed by atoms with Crippen molar-refractivity contribution in [3.63, 3.8) is 0 Å². The van der Waals surface area contributed by atoms with Crippen LogP contribution in [0.2, 0.25) is 0 Å². The molecule has 0 unspecified atom stereocenters. The van der Waals surface area contributed by atoms with Crippen LogP contribution >= 0.6 is 0 Å². The van der Waals surface area contributed by atoms with E-state index >= 15 is 0 Å². The first kappa shape index (κ1) is 24.1. The second-order valence-electron chi connectivity index (χ2n) is 8.38. The van der Waals surface area contributed by atoms with E-state index in [2.05, 4.69) is 5.32 Å². The van der Waals surface area contributed by atoms with Crippen molar-refractivity contribution >= 4 is 17.6 Å². The van der Waals surface area contributed by atoms with Crippen molar-refractivity contribution in [2.75, 3.05) is 13.2 Å². The van der Waals surface area contributed by atoms with Gasteiger partial charge in [-0.15, -0.1) is 0 Å². The summed E-state index contributed by atoms with van der Waals surface area (Å²) in [5.41, 5.74) is 2.45. The van der Waals surface area contributed by atoms with Crippen LogP contribution in [0.15, 0.2) is 17.9 Å². The molecule has 0 saturated heterocycles. The highest BCUT2D eigenvalue weighted by atomic mass is 19.4. The van der Waals surface area contributed by atoms with Crippen LogP contribution in [0, 0.1) is 20.8 Å². The summed E-state index contributed by atoms with van der Waals surface area (Å²) in [6.07, 6.45) is -4.86. The molecular weight excluding hydrogens is 427 g/mol. The van der Waals surface area contributed by atoms with Gasteiger partial charge in [-0.05, 0) is 75.6 Å². The van der Waals surface area contributed by atoms with Gasteiger partial charge in [0.2, 0.25) is 0 Å². The maximum Gasteiger partial charge on any atom is 0.412 e. The molecule has 1 aromatic rings. The van der Waals surface area contributed by atoms with Gasteiger partial charge in [-0.1, -0.05) is 12.1 Å². The maximum absolute atomic E-state index is 13.0. The Morgan fingerprint density at radius 3 is 2.38 bits per heavy atom. The van der Waals surface area contributed by atoms with E-state index in [1.807, 2.05) is 32.9 Å². The maximum atomic E-state index is 13.0. The van der Waals surface area contributed by atoms with Crippen LogP contribution in [0.5, 0.6) is 0 Å². The first-order chi connectivity index (χ1) is 15.0. The summed E-state index contributed by atoms with van der Waals surface area (Å²) in [5.74, 6) is -0.487. The molecule has 9 heteroatoms. The van der Waals surface area contributed by atoms with E-state index in [-0.39, 0.29) is 37.0 Å². The zero-order chi connectivity index (χ0) is 23.7. The summed E-state index contributed by atoms with van der Waals surface area (Å²) in [6, 6.07) is 3.81. The summed E-state index contributed by atoms with van der Waals surface area (Å²) < 4.78 is 53.9. The molecule has 1 spiro atoms. The second-order valence-corrected chi connectivity index (χ2v) is 8.38. The van der Waals surface area contributed by atoms with Crippen molar-refractivity contribution in [2.45, 2.75) is 71.3 Å². The number of alkyl halides is 3. The Balaban J connectivity index is 1.96. The Morgan fingerprint density at radius 1 is 1.16 bits per heavy atom. The number of alkyl carbamates (subject to hydrolysis) is 1. The molecule has 1 saturated carbocycles. The van der Waals surface area contributed by atoms with Crippen molar-refractivity contribution < 1.29 is 37.0 Å². The lowest BCUT2D eigenvalue weighted by Gasteiger charge is -2.36. The number of carbonyl (C=O) groups excluding carboxylic acids is 2. The molecule has 3 rings (SSSR count). The fraction of sp³-hybridized carbons (Fsp3) is 0.565. The Morgan fingerprint density at radius 2 is 1.78 bits per heavy atom. The van der Waals surface area contributed by atoms with E-state index in [0.717, 1.165) is 16.7 Å². The number of halogens is 3. The van der Waals surface area contributed by atoms with Crippen LogP contribution in [0.4, 0.5) is 18.0 Å². The lowest BCUT2D eigenvalue weighted by Crippen LogP contribution is -2.41. The number of aryl methyl sites for hydroxylation is 3. The van der Waals surface area contributed by atoms with Crippen molar-refractivity contribution in [2.24, 2.45) is 0 Å². The van der Waals surface area contributed by atoms with Gasteiger partial charge in [0, 0.05) is 6.54 Å². The van der Waals surface area contributed by atoms with Gasteiger partial charge in [-0.2, -0.15) is 13.2 Å². The molecule has 176 valence electrons. The quantitative estimate of drug-likeness (QED) is 0.641. The van der Waals surface area contributed by atoms with Crippen LogP contribution in [-0.4, -0.2) is 43.1 Å². The van der Waals surface area contributed by atoms with Crippen LogP contribution in [0.25, 0.3) is 5.57 Å². The smallest absolute Gasteiger partial charge is 0.412 e. The average Bonchev–Trinajstić information content (AvgIpc) is 2.95. The number of hydrogen-bond acceptors (Lipinski definition) is 5. The largest absolute Gasteiger partial charge is 0.447 e. The fourth-order valence-corrected chi connectivity index (χ4v) is 4.24. The van der Waals surface area contributed by atoms with Gasteiger partial charge in [0.05, 0.1) is 6.10 Å². The molecular formula is C23H28F3NO5. The Hall–Kier alpha value is -2.55. The average molecular weight is 455 g/mol. The van der Waals surface area contributed by atoms with Gasteiger partial charge in [0.15, 0.2) is 11.4 Å². The highest BCUT2D eigenvalue weighted by Gasteiger charge is 2.53. The lowest BCUT2D eigenvalue weighted by molar-refractivity contribution is -0.192. The summed E-state index contributed by atoms with van der Waals surface area (Å²) in [7, 11) is 0. The summed E-state index contributed by atoms with van der Waals surface area (Å²) in [5, 5.41) is 2.55. The number of nitrogens with one attached hydrogen (secondary N) is 1. The third kappa shape index (κ3) is 5.09. The molecule has 2 aliphatic rings. The predicted molar refractivity (Wildman–Crippen MR) is 111 cm³/mol. The number of amides is 1. The topological polar surface area (TPSA) is 73.9 Å². The Labute approximate surface area is 185 Å². The molecule has 32 heavy (non-hydrogen) atoms. The first-order valence-electron chi connectivity index (χ1n) is 10.7. The predicted octanol–water partition coefficient (Wildman–Crippen LogP) is 4.89. The molecule has 0 radical (unpaired) electrons. The third-order valence-electron chi connectivity index (χ3n) is 5.98. The molecule has 1 amide bonds. The van der Waals surface area contributed by atoms with E-state index in [1.54, 1.807) is 6.92 Å². The lowest BCUT2D eigenvalue weighted by atomic mass is 9.80. The van der Waals surface area contributed by atoms with E-state index in [9.17, 15) is 22.8 Å². The van der Waals surface area contributed by atoms with Gasteiger partial charge < -0.3 is 19.5 Å². The highest BCUT2D eigenvalue weighted by Crippen LogP contribution is 2.48. The first-order valence-corrected chi connectivity index (χ1v) is 10.7. The zero-order valence-corrected chi connectivity index (χ0v) is 18.6. The van der Waals surface area contributed by atoms with Crippen LogP contribution in [0.3, 0.4) is 0 Å². The number of hydrogen-bond donors (Lipinski definition) is 1. The molecule has 0 atom stereocenters. The van der Waals surface area contributed by atoms with Crippen LogP contribution < -0.4 is 5.32 Å². The second kappa shape index (κ2) is 9.13. The molecule has 1 fully saturated rings. The zero-order valence-electron chi connectivity index (χ0n) is 18.6. The molecule has 1 aliphatic carbocycles. The minimum Gasteiger partial charge on any atom is -0.447 e. The Bertz CT molecular complexity index is 930. The van der Waals surface area contributed by atoms with Crippen molar-refractivity contribution in [3.05, 3.63) is 40.1 Å².